The maximum absolute atomic E-state index is 13.0. The summed E-state index contributed by atoms with van der Waals surface area (Å²) in [5.41, 5.74) is 6.22. The monoisotopic (exact) mass is 483 g/mol. The highest BCUT2D eigenvalue weighted by Gasteiger charge is 2.35. The number of hydrogen-bond acceptors (Lipinski definition) is 4. The molecule has 2 heterocycles. The minimum atomic E-state index is -0.725. The third-order valence-corrected chi connectivity index (χ3v) is 6.99. The van der Waals surface area contributed by atoms with E-state index in [4.69, 9.17) is 9.72 Å². The predicted molar refractivity (Wildman–Crippen MR) is 143 cm³/mol. The Labute approximate surface area is 212 Å². The molecular weight excluding hydrogens is 450 g/mol. The zero-order chi connectivity index (χ0) is 25.2. The van der Waals surface area contributed by atoms with Crippen molar-refractivity contribution in [3.8, 4) is 5.75 Å². The van der Waals surface area contributed by atoms with E-state index < -0.39 is 6.10 Å². The number of hydrogen-bond donors (Lipinski definition) is 1. The van der Waals surface area contributed by atoms with Gasteiger partial charge in [0.2, 0.25) is 5.91 Å². The number of ether oxygens (including phenoxy) is 1. The van der Waals surface area contributed by atoms with Crippen LogP contribution in [0.3, 0.4) is 0 Å². The molecule has 186 valence electrons. The quantitative estimate of drug-likeness (QED) is 0.375. The molecule has 0 bridgehead atoms. The third kappa shape index (κ3) is 4.86. The molecule has 1 amide bonds. The van der Waals surface area contributed by atoms with Crippen molar-refractivity contribution < 1.29 is 14.6 Å². The van der Waals surface area contributed by atoms with Gasteiger partial charge in [0.25, 0.3) is 0 Å². The molecule has 1 fully saturated rings. The molecule has 0 radical (unpaired) electrons. The van der Waals surface area contributed by atoms with Gasteiger partial charge < -0.3 is 19.3 Å². The molecule has 1 N–H and O–H groups in total. The van der Waals surface area contributed by atoms with E-state index in [0.717, 1.165) is 40.3 Å². The van der Waals surface area contributed by atoms with E-state index in [1.807, 2.05) is 67.3 Å². The van der Waals surface area contributed by atoms with Crippen LogP contribution in [0.25, 0.3) is 11.0 Å². The van der Waals surface area contributed by atoms with Gasteiger partial charge in [-0.15, -0.1) is 0 Å². The second-order valence-electron chi connectivity index (χ2n) is 9.73. The Hall–Kier alpha value is -3.64. The lowest BCUT2D eigenvalue weighted by molar-refractivity contribution is -0.117. The van der Waals surface area contributed by atoms with Crippen molar-refractivity contribution in [1.29, 1.82) is 0 Å². The van der Waals surface area contributed by atoms with Gasteiger partial charge in [-0.1, -0.05) is 48.9 Å². The molecule has 36 heavy (non-hydrogen) atoms. The van der Waals surface area contributed by atoms with E-state index >= 15 is 0 Å². The first-order valence-electron chi connectivity index (χ1n) is 12.7. The molecule has 4 aromatic rings. The maximum atomic E-state index is 13.0. The van der Waals surface area contributed by atoms with Crippen LogP contribution in [0.5, 0.6) is 5.75 Å². The van der Waals surface area contributed by atoms with Gasteiger partial charge in [-0.2, -0.15) is 0 Å². The summed E-state index contributed by atoms with van der Waals surface area (Å²) < 4.78 is 8.01. The van der Waals surface area contributed by atoms with Crippen LogP contribution in [0.15, 0.2) is 66.7 Å². The van der Waals surface area contributed by atoms with Crippen molar-refractivity contribution in [2.75, 3.05) is 18.1 Å². The maximum Gasteiger partial charge on any atom is 0.227 e. The lowest BCUT2D eigenvalue weighted by Gasteiger charge is -2.19. The Kier molecular flexibility index (Phi) is 6.79. The van der Waals surface area contributed by atoms with E-state index in [0.29, 0.717) is 19.5 Å². The average molecular weight is 484 g/mol. The lowest BCUT2D eigenvalue weighted by Crippen LogP contribution is -2.26. The summed E-state index contributed by atoms with van der Waals surface area (Å²) in [5, 5.41) is 10.9. The number of rotatable bonds is 8. The molecular formula is C30H33N3O3. The van der Waals surface area contributed by atoms with Gasteiger partial charge in [0, 0.05) is 24.6 Å². The number of aliphatic hydroxyl groups excluding tert-OH is 1. The average Bonchev–Trinajstić information content (AvgIpc) is 3.44. The second-order valence-corrected chi connectivity index (χ2v) is 9.73. The van der Waals surface area contributed by atoms with Crippen molar-refractivity contribution in [2.24, 2.45) is 0 Å². The number of carbonyl (C=O) groups excluding carboxylic acids is 1. The SMILES string of the molecule is CCc1ccc(N2CC(c3nc4ccccc4n3CC(O)COc3ccc(C)cc3C)CC2=O)cc1. The van der Waals surface area contributed by atoms with Crippen molar-refractivity contribution in [1.82, 2.24) is 9.55 Å². The number of aromatic nitrogens is 2. The van der Waals surface area contributed by atoms with Crippen LogP contribution >= 0.6 is 0 Å². The largest absolute Gasteiger partial charge is 0.491 e. The summed E-state index contributed by atoms with van der Waals surface area (Å²) in [6.07, 6.45) is 0.640. The topological polar surface area (TPSA) is 67.6 Å². The number of amides is 1. The number of benzene rings is 3. The summed E-state index contributed by atoms with van der Waals surface area (Å²) in [6.45, 7) is 7.27. The highest BCUT2D eigenvalue weighted by molar-refractivity contribution is 5.96. The van der Waals surface area contributed by atoms with Crippen molar-refractivity contribution in [3.05, 3.63) is 89.2 Å². The molecule has 1 aromatic heterocycles. The highest BCUT2D eigenvalue weighted by atomic mass is 16.5. The number of aliphatic hydroxyl groups is 1. The van der Waals surface area contributed by atoms with Crippen LogP contribution in [-0.2, 0) is 17.8 Å². The summed E-state index contributed by atoms with van der Waals surface area (Å²) in [5.74, 6) is 1.66. The van der Waals surface area contributed by atoms with Gasteiger partial charge in [0.15, 0.2) is 0 Å². The van der Waals surface area contributed by atoms with Gasteiger partial charge in [0.05, 0.1) is 17.6 Å². The van der Waals surface area contributed by atoms with Crippen LogP contribution < -0.4 is 9.64 Å². The molecule has 3 aromatic carbocycles. The Balaban J connectivity index is 1.36. The molecule has 0 aliphatic carbocycles. The molecule has 2 unspecified atom stereocenters. The van der Waals surface area contributed by atoms with Gasteiger partial charge in [0.1, 0.15) is 24.3 Å². The van der Waals surface area contributed by atoms with Gasteiger partial charge in [-0.05, 0) is 61.7 Å². The molecule has 5 rings (SSSR count). The first-order valence-corrected chi connectivity index (χ1v) is 12.7. The van der Waals surface area contributed by atoms with Crippen LogP contribution in [0.2, 0.25) is 0 Å². The third-order valence-electron chi connectivity index (χ3n) is 6.99. The van der Waals surface area contributed by atoms with Crippen LogP contribution in [0, 0.1) is 13.8 Å². The molecule has 1 aliphatic heterocycles. The molecule has 1 saturated heterocycles. The molecule has 6 heteroatoms. The number of imidazole rings is 1. The van der Waals surface area contributed by atoms with E-state index in [-0.39, 0.29) is 18.4 Å². The van der Waals surface area contributed by atoms with E-state index in [2.05, 4.69) is 29.7 Å². The second kappa shape index (κ2) is 10.2. The standard InChI is InChI=1S/C30H33N3O3/c1-4-22-10-12-24(13-11-22)32-17-23(16-29(32)35)30-31-26-7-5-6-8-27(26)33(30)18-25(34)19-36-28-14-9-20(2)15-21(28)3/h5-15,23,25,34H,4,16-19H2,1-3H3. The minimum absolute atomic E-state index is 0.0526. The fourth-order valence-corrected chi connectivity index (χ4v) is 5.05. The number of fused-ring (bicyclic) bond motifs is 1. The smallest absolute Gasteiger partial charge is 0.227 e. The zero-order valence-electron chi connectivity index (χ0n) is 21.1. The van der Waals surface area contributed by atoms with Crippen LogP contribution in [0.1, 0.15) is 41.8 Å². The lowest BCUT2D eigenvalue weighted by atomic mass is 10.1. The minimum Gasteiger partial charge on any atom is -0.491 e. The summed E-state index contributed by atoms with van der Waals surface area (Å²) in [4.78, 5) is 19.8. The van der Waals surface area contributed by atoms with Gasteiger partial charge in [-0.3, -0.25) is 4.79 Å². The fourth-order valence-electron chi connectivity index (χ4n) is 5.05. The van der Waals surface area contributed by atoms with E-state index in [1.165, 1.54) is 11.1 Å². The Bertz CT molecular complexity index is 1380. The van der Waals surface area contributed by atoms with Gasteiger partial charge in [-0.25, -0.2) is 4.98 Å². The summed E-state index contributed by atoms with van der Waals surface area (Å²) in [6, 6.07) is 22.2. The van der Waals surface area contributed by atoms with Gasteiger partial charge >= 0.3 is 0 Å². The first-order chi connectivity index (χ1) is 17.4. The highest BCUT2D eigenvalue weighted by Crippen LogP contribution is 2.33. The molecule has 6 nitrogen and oxygen atoms in total. The Morgan fingerprint density at radius 2 is 1.86 bits per heavy atom. The number of aryl methyl sites for hydroxylation is 3. The molecule has 0 saturated carbocycles. The van der Waals surface area contributed by atoms with E-state index in [1.54, 1.807) is 0 Å². The number of nitrogens with zero attached hydrogens (tertiary/aromatic N) is 3. The van der Waals surface area contributed by atoms with Crippen molar-refractivity contribution in [2.45, 2.75) is 52.2 Å². The number of para-hydroxylation sites is 2. The Morgan fingerprint density at radius 1 is 1.08 bits per heavy atom. The van der Waals surface area contributed by atoms with Crippen LogP contribution in [0.4, 0.5) is 5.69 Å². The molecule has 0 spiro atoms. The Morgan fingerprint density at radius 3 is 2.61 bits per heavy atom. The first kappa shape index (κ1) is 24.1. The number of carbonyl (C=O) groups is 1. The fraction of sp³-hybridized carbons (Fsp3) is 0.333. The predicted octanol–water partition coefficient (Wildman–Crippen LogP) is 5.18. The zero-order valence-corrected chi connectivity index (χ0v) is 21.1. The summed E-state index contributed by atoms with van der Waals surface area (Å²) in [7, 11) is 0. The normalized spacial score (nSPS) is 16.6. The number of anilines is 1. The van der Waals surface area contributed by atoms with Crippen molar-refractivity contribution in [3.63, 3.8) is 0 Å². The summed E-state index contributed by atoms with van der Waals surface area (Å²) >= 11 is 0. The molecule has 1 aliphatic rings. The van der Waals surface area contributed by atoms with E-state index in [9.17, 15) is 9.90 Å². The van der Waals surface area contributed by atoms with Crippen molar-refractivity contribution >= 4 is 22.6 Å². The molecule has 2 atom stereocenters. The van der Waals surface area contributed by atoms with Crippen LogP contribution in [-0.4, -0.2) is 39.8 Å².